The number of aryl methyl sites for hydroxylation is 2. The van der Waals surface area contributed by atoms with Gasteiger partial charge < -0.3 is 9.42 Å². The number of carbonyl (C=O) groups excluding carboxylic acids is 1. The van der Waals surface area contributed by atoms with E-state index in [9.17, 15) is 14.9 Å². The summed E-state index contributed by atoms with van der Waals surface area (Å²) in [5, 5.41) is 15.0. The van der Waals surface area contributed by atoms with Gasteiger partial charge in [-0.05, 0) is 26.0 Å². The minimum Gasteiger partial charge on any atom is -0.337 e. The highest BCUT2D eigenvalue weighted by atomic mass is 16.6. The van der Waals surface area contributed by atoms with E-state index in [0.717, 1.165) is 11.1 Å². The highest BCUT2D eigenvalue weighted by Crippen LogP contribution is 2.21. The Morgan fingerprint density at radius 1 is 1.22 bits per heavy atom. The molecule has 0 aliphatic carbocycles. The predicted molar refractivity (Wildman–Crippen MR) is 98.1 cm³/mol. The summed E-state index contributed by atoms with van der Waals surface area (Å²) in [5.41, 5.74) is 2.54. The zero-order valence-corrected chi connectivity index (χ0v) is 15.2. The molecule has 3 aromatic rings. The lowest BCUT2D eigenvalue weighted by molar-refractivity contribution is -0.385. The predicted octanol–water partition coefficient (Wildman–Crippen LogP) is 3.53. The lowest BCUT2D eigenvalue weighted by Gasteiger charge is -2.14. The molecule has 0 fully saturated rings. The van der Waals surface area contributed by atoms with Gasteiger partial charge in [-0.3, -0.25) is 14.9 Å². The van der Waals surface area contributed by atoms with Gasteiger partial charge in [0.2, 0.25) is 11.7 Å². The number of nitro benzene ring substituents is 1. The molecule has 8 heteroatoms. The molecule has 0 aliphatic rings. The third-order valence-electron chi connectivity index (χ3n) is 4.12. The van der Waals surface area contributed by atoms with E-state index in [1.807, 2.05) is 31.2 Å². The fraction of sp³-hybridized carbons (Fsp3) is 0.211. The number of amides is 1. The van der Waals surface area contributed by atoms with Crippen molar-refractivity contribution < 1.29 is 14.2 Å². The molecule has 1 amide bonds. The number of benzene rings is 2. The first-order chi connectivity index (χ1) is 12.8. The average molecular weight is 366 g/mol. The van der Waals surface area contributed by atoms with Crippen LogP contribution in [-0.2, 0) is 6.54 Å². The Morgan fingerprint density at radius 3 is 2.70 bits per heavy atom. The molecule has 0 spiro atoms. The summed E-state index contributed by atoms with van der Waals surface area (Å²) in [6.45, 7) is 3.69. The van der Waals surface area contributed by atoms with E-state index in [-0.39, 0.29) is 29.6 Å². The van der Waals surface area contributed by atoms with Crippen LogP contribution in [0.4, 0.5) is 5.69 Å². The second-order valence-corrected chi connectivity index (χ2v) is 6.30. The maximum atomic E-state index is 12.6. The number of aromatic nitrogens is 2. The molecule has 0 aliphatic heterocycles. The lowest BCUT2D eigenvalue weighted by atomic mass is 10.1. The highest BCUT2D eigenvalue weighted by molar-refractivity contribution is 5.94. The van der Waals surface area contributed by atoms with E-state index < -0.39 is 4.92 Å². The van der Waals surface area contributed by atoms with E-state index in [0.29, 0.717) is 11.4 Å². The van der Waals surface area contributed by atoms with E-state index >= 15 is 0 Å². The van der Waals surface area contributed by atoms with Gasteiger partial charge in [-0.2, -0.15) is 4.98 Å². The number of carbonyl (C=O) groups is 1. The molecule has 0 saturated heterocycles. The molecule has 0 atom stereocenters. The normalized spacial score (nSPS) is 10.6. The number of rotatable bonds is 5. The quantitative estimate of drug-likeness (QED) is 0.505. The van der Waals surface area contributed by atoms with E-state index in [1.165, 1.54) is 11.0 Å². The molecule has 27 heavy (non-hydrogen) atoms. The minimum atomic E-state index is -0.502. The zero-order chi connectivity index (χ0) is 19.6. The molecule has 3 rings (SSSR count). The van der Waals surface area contributed by atoms with Gasteiger partial charge in [-0.25, -0.2) is 0 Å². The van der Waals surface area contributed by atoms with Gasteiger partial charge in [0.1, 0.15) is 0 Å². The third-order valence-corrected chi connectivity index (χ3v) is 4.12. The van der Waals surface area contributed by atoms with Crippen molar-refractivity contribution in [2.24, 2.45) is 0 Å². The topological polar surface area (TPSA) is 102 Å². The van der Waals surface area contributed by atoms with Crippen LogP contribution >= 0.6 is 0 Å². The van der Waals surface area contributed by atoms with Crippen LogP contribution in [0.1, 0.15) is 27.4 Å². The van der Waals surface area contributed by atoms with Gasteiger partial charge in [0.25, 0.3) is 11.6 Å². The van der Waals surface area contributed by atoms with Gasteiger partial charge in [0.05, 0.1) is 11.5 Å². The largest absolute Gasteiger partial charge is 0.337 e. The molecule has 1 heterocycles. The molecular weight excluding hydrogens is 348 g/mol. The smallest absolute Gasteiger partial charge is 0.273 e. The SMILES string of the molecule is Cc1cccc(-c2noc(CN(C)C(=O)c3ccc(C)c([N+](=O)[O-])c3)n2)c1. The molecular formula is C19H18N4O4. The van der Waals surface area contributed by atoms with Crippen molar-refractivity contribution in [2.75, 3.05) is 7.05 Å². The Bertz CT molecular complexity index is 1010. The van der Waals surface area contributed by atoms with Gasteiger partial charge in [0.15, 0.2) is 0 Å². The van der Waals surface area contributed by atoms with Crippen LogP contribution in [0.2, 0.25) is 0 Å². The molecule has 2 aromatic carbocycles. The second kappa shape index (κ2) is 7.36. The first-order valence-corrected chi connectivity index (χ1v) is 8.25. The minimum absolute atomic E-state index is 0.0891. The van der Waals surface area contributed by atoms with Gasteiger partial charge in [0, 0.05) is 29.8 Å². The van der Waals surface area contributed by atoms with Gasteiger partial charge in [-0.15, -0.1) is 0 Å². The third kappa shape index (κ3) is 4.00. The summed E-state index contributed by atoms with van der Waals surface area (Å²) in [7, 11) is 1.57. The Morgan fingerprint density at radius 2 is 2.00 bits per heavy atom. The van der Waals surface area contributed by atoms with Crippen molar-refractivity contribution in [3.8, 4) is 11.4 Å². The van der Waals surface area contributed by atoms with Crippen molar-refractivity contribution >= 4 is 11.6 Å². The summed E-state index contributed by atoms with van der Waals surface area (Å²) in [6.07, 6.45) is 0. The summed E-state index contributed by atoms with van der Waals surface area (Å²) >= 11 is 0. The fourth-order valence-corrected chi connectivity index (χ4v) is 2.65. The fourth-order valence-electron chi connectivity index (χ4n) is 2.65. The van der Waals surface area contributed by atoms with Crippen LogP contribution in [0.3, 0.4) is 0 Å². The summed E-state index contributed by atoms with van der Waals surface area (Å²) in [5.74, 6) is 0.359. The van der Waals surface area contributed by atoms with Gasteiger partial charge >= 0.3 is 0 Å². The first-order valence-electron chi connectivity index (χ1n) is 8.25. The number of nitrogens with zero attached hydrogens (tertiary/aromatic N) is 4. The monoisotopic (exact) mass is 366 g/mol. The maximum absolute atomic E-state index is 12.6. The van der Waals surface area contributed by atoms with Crippen molar-refractivity contribution in [3.63, 3.8) is 0 Å². The van der Waals surface area contributed by atoms with Crippen molar-refractivity contribution in [2.45, 2.75) is 20.4 Å². The Balaban J connectivity index is 1.76. The molecule has 0 radical (unpaired) electrons. The van der Waals surface area contributed by atoms with E-state index in [2.05, 4.69) is 10.1 Å². The van der Waals surface area contributed by atoms with E-state index in [1.54, 1.807) is 26.1 Å². The van der Waals surface area contributed by atoms with Crippen LogP contribution < -0.4 is 0 Å². The number of nitro groups is 1. The molecule has 0 bridgehead atoms. The number of hydrogen-bond acceptors (Lipinski definition) is 6. The molecule has 0 unspecified atom stereocenters. The molecule has 0 N–H and O–H groups in total. The van der Waals surface area contributed by atoms with Crippen LogP contribution in [0.25, 0.3) is 11.4 Å². The van der Waals surface area contributed by atoms with Crippen LogP contribution in [0.5, 0.6) is 0 Å². The molecule has 8 nitrogen and oxygen atoms in total. The number of hydrogen-bond donors (Lipinski definition) is 0. The summed E-state index contributed by atoms with van der Waals surface area (Å²) < 4.78 is 5.23. The van der Waals surface area contributed by atoms with Crippen LogP contribution in [0, 0.1) is 24.0 Å². The highest BCUT2D eigenvalue weighted by Gasteiger charge is 2.19. The lowest BCUT2D eigenvalue weighted by Crippen LogP contribution is -2.26. The molecule has 0 saturated carbocycles. The Kier molecular flexibility index (Phi) is 4.98. The zero-order valence-electron chi connectivity index (χ0n) is 15.2. The second-order valence-electron chi connectivity index (χ2n) is 6.30. The van der Waals surface area contributed by atoms with Crippen molar-refractivity contribution in [3.05, 3.63) is 75.2 Å². The summed E-state index contributed by atoms with van der Waals surface area (Å²) in [6, 6.07) is 12.1. The maximum Gasteiger partial charge on any atom is 0.273 e. The standard InChI is InChI=1S/C19H18N4O4/c1-12-5-4-6-14(9-12)18-20-17(27-21-18)11-22(3)19(24)15-8-7-13(2)16(10-15)23(25)26/h4-10H,11H2,1-3H3. The Labute approximate surface area is 155 Å². The van der Waals surface area contributed by atoms with Crippen molar-refractivity contribution in [1.82, 2.24) is 15.0 Å². The van der Waals surface area contributed by atoms with Crippen LogP contribution in [-0.4, -0.2) is 32.9 Å². The average Bonchev–Trinajstić information content (AvgIpc) is 3.09. The van der Waals surface area contributed by atoms with Gasteiger partial charge in [-0.1, -0.05) is 35.0 Å². The first kappa shape index (κ1) is 18.2. The Hall–Kier alpha value is -3.55. The van der Waals surface area contributed by atoms with Crippen LogP contribution in [0.15, 0.2) is 47.0 Å². The van der Waals surface area contributed by atoms with Crippen molar-refractivity contribution in [1.29, 1.82) is 0 Å². The molecule has 138 valence electrons. The summed E-state index contributed by atoms with van der Waals surface area (Å²) in [4.78, 5) is 28.8. The van der Waals surface area contributed by atoms with E-state index in [4.69, 9.17) is 4.52 Å². The molecule has 1 aromatic heterocycles.